The summed E-state index contributed by atoms with van der Waals surface area (Å²) < 4.78 is 4.67. The Labute approximate surface area is 158 Å². The minimum absolute atomic E-state index is 0.171. The summed E-state index contributed by atoms with van der Waals surface area (Å²) in [6.45, 7) is 5.89. The number of methoxy groups -OCH3 is 1. The third-order valence-corrected chi connectivity index (χ3v) is 4.04. The number of ether oxygens (including phenoxy) is 1. The van der Waals surface area contributed by atoms with Crippen molar-refractivity contribution < 1.29 is 19.1 Å². The van der Waals surface area contributed by atoms with Crippen LogP contribution in [-0.4, -0.2) is 38.0 Å². The minimum Gasteiger partial charge on any atom is -0.465 e. The lowest BCUT2D eigenvalue weighted by molar-refractivity contribution is -0.133. The van der Waals surface area contributed by atoms with Crippen molar-refractivity contribution in [3.05, 3.63) is 54.1 Å². The maximum Gasteiger partial charge on any atom is 0.339 e. The lowest BCUT2D eigenvalue weighted by atomic mass is 10.2. The average molecular weight is 369 g/mol. The second-order valence-electron chi connectivity index (χ2n) is 5.66. The molecule has 7 heteroatoms. The molecule has 2 rings (SSSR count). The summed E-state index contributed by atoms with van der Waals surface area (Å²) in [6.07, 6.45) is 0. The number of amides is 2. The van der Waals surface area contributed by atoms with Gasteiger partial charge in [0.15, 0.2) is 0 Å². The zero-order valence-corrected chi connectivity index (χ0v) is 15.6. The molecule has 2 N–H and O–H groups in total. The molecule has 0 radical (unpaired) electrons. The van der Waals surface area contributed by atoms with Crippen molar-refractivity contribution in [2.24, 2.45) is 0 Å². The van der Waals surface area contributed by atoms with Gasteiger partial charge in [0.2, 0.25) is 0 Å². The van der Waals surface area contributed by atoms with Crippen LogP contribution in [0.1, 0.15) is 24.2 Å². The number of benzene rings is 2. The van der Waals surface area contributed by atoms with Crippen molar-refractivity contribution in [1.29, 1.82) is 0 Å². The summed E-state index contributed by atoms with van der Waals surface area (Å²) in [5.41, 5.74) is 1.92. The second-order valence-corrected chi connectivity index (χ2v) is 5.66. The molecule has 0 fully saturated rings. The number of nitrogens with one attached hydrogen (secondary N) is 2. The molecule has 0 bridgehead atoms. The van der Waals surface area contributed by atoms with Crippen LogP contribution in [0.5, 0.6) is 0 Å². The maximum absolute atomic E-state index is 12.2. The van der Waals surface area contributed by atoms with Gasteiger partial charge in [-0.3, -0.25) is 9.59 Å². The van der Waals surface area contributed by atoms with Gasteiger partial charge in [0, 0.05) is 24.5 Å². The van der Waals surface area contributed by atoms with Gasteiger partial charge in [-0.05, 0) is 50.2 Å². The summed E-state index contributed by atoms with van der Waals surface area (Å²) in [4.78, 5) is 38.2. The zero-order chi connectivity index (χ0) is 19.8. The Balaban J connectivity index is 2.04. The highest BCUT2D eigenvalue weighted by molar-refractivity contribution is 6.43. The summed E-state index contributed by atoms with van der Waals surface area (Å²) >= 11 is 0. The number of rotatable bonds is 6. The van der Waals surface area contributed by atoms with E-state index in [2.05, 4.69) is 34.1 Å². The lowest BCUT2D eigenvalue weighted by Crippen LogP contribution is -2.29. The Kier molecular flexibility index (Phi) is 6.93. The average Bonchev–Trinajstić information content (AvgIpc) is 2.70. The van der Waals surface area contributed by atoms with Gasteiger partial charge in [-0.2, -0.15) is 0 Å². The molecule has 0 atom stereocenters. The van der Waals surface area contributed by atoms with Crippen LogP contribution in [0.15, 0.2) is 48.5 Å². The zero-order valence-electron chi connectivity index (χ0n) is 15.6. The number of hydrogen-bond donors (Lipinski definition) is 2. The van der Waals surface area contributed by atoms with Gasteiger partial charge < -0.3 is 20.3 Å². The monoisotopic (exact) mass is 369 g/mol. The van der Waals surface area contributed by atoms with Gasteiger partial charge in [-0.15, -0.1) is 0 Å². The number of hydrogen-bond acceptors (Lipinski definition) is 5. The Morgan fingerprint density at radius 1 is 0.889 bits per heavy atom. The predicted octanol–water partition coefficient (Wildman–Crippen LogP) is 2.90. The van der Waals surface area contributed by atoms with Gasteiger partial charge in [-0.25, -0.2) is 4.79 Å². The van der Waals surface area contributed by atoms with E-state index >= 15 is 0 Å². The molecule has 0 spiro atoms. The number of carbonyl (C=O) groups is 3. The third kappa shape index (κ3) is 5.07. The van der Waals surface area contributed by atoms with Crippen LogP contribution >= 0.6 is 0 Å². The summed E-state index contributed by atoms with van der Waals surface area (Å²) in [5, 5.41) is 4.97. The fourth-order valence-corrected chi connectivity index (χ4v) is 2.59. The van der Waals surface area contributed by atoms with Crippen molar-refractivity contribution >= 4 is 34.8 Å². The molecular weight excluding hydrogens is 346 g/mol. The molecule has 2 aromatic rings. The quantitative estimate of drug-likeness (QED) is 0.604. The molecule has 0 aromatic heterocycles. The minimum atomic E-state index is -0.876. The largest absolute Gasteiger partial charge is 0.465 e. The fourth-order valence-electron chi connectivity index (χ4n) is 2.59. The third-order valence-electron chi connectivity index (χ3n) is 4.04. The molecule has 2 amide bonds. The first-order valence-corrected chi connectivity index (χ1v) is 8.64. The Hall–Kier alpha value is -3.35. The van der Waals surface area contributed by atoms with Crippen molar-refractivity contribution in [1.82, 2.24) is 0 Å². The highest BCUT2D eigenvalue weighted by Gasteiger charge is 2.18. The van der Waals surface area contributed by atoms with E-state index in [0.717, 1.165) is 18.8 Å². The topological polar surface area (TPSA) is 87.7 Å². The Morgan fingerprint density at radius 3 is 2.07 bits per heavy atom. The molecule has 0 unspecified atom stereocenters. The van der Waals surface area contributed by atoms with E-state index in [1.807, 2.05) is 12.1 Å². The molecule has 2 aromatic carbocycles. The molecule has 0 aliphatic heterocycles. The van der Waals surface area contributed by atoms with Crippen LogP contribution in [-0.2, 0) is 14.3 Å². The molecule has 0 saturated heterocycles. The second kappa shape index (κ2) is 9.38. The number of nitrogens with zero attached hydrogens (tertiary/aromatic N) is 1. The molecule has 0 aliphatic carbocycles. The molecule has 142 valence electrons. The van der Waals surface area contributed by atoms with Gasteiger partial charge in [0.1, 0.15) is 0 Å². The summed E-state index contributed by atoms with van der Waals surface area (Å²) in [6, 6.07) is 13.6. The van der Waals surface area contributed by atoms with Crippen LogP contribution in [0, 0.1) is 0 Å². The van der Waals surface area contributed by atoms with E-state index in [0.29, 0.717) is 5.69 Å². The van der Waals surface area contributed by atoms with E-state index < -0.39 is 17.8 Å². The van der Waals surface area contributed by atoms with E-state index in [1.165, 1.54) is 19.2 Å². The van der Waals surface area contributed by atoms with Crippen LogP contribution in [0.25, 0.3) is 0 Å². The van der Waals surface area contributed by atoms with Crippen LogP contribution in [0.4, 0.5) is 17.1 Å². The molecule has 0 saturated carbocycles. The molecule has 27 heavy (non-hydrogen) atoms. The van der Waals surface area contributed by atoms with Crippen molar-refractivity contribution in [2.45, 2.75) is 13.8 Å². The van der Waals surface area contributed by atoms with E-state index in [4.69, 9.17) is 0 Å². The molecule has 7 nitrogen and oxygen atoms in total. The lowest BCUT2D eigenvalue weighted by Gasteiger charge is -2.21. The first kappa shape index (κ1) is 20.0. The Morgan fingerprint density at radius 2 is 1.48 bits per heavy atom. The van der Waals surface area contributed by atoms with Gasteiger partial charge in [0.05, 0.1) is 18.4 Å². The van der Waals surface area contributed by atoms with Crippen molar-refractivity contribution in [3.63, 3.8) is 0 Å². The summed E-state index contributed by atoms with van der Waals surface area (Å²) in [7, 11) is 1.25. The van der Waals surface area contributed by atoms with Gasteiger partial charge >= 0.3 is 17.8 Å². The smallest absolute Gasteiger partial charge is 0.339 e. The first-order valence-electron chi connectivity index (χ1n) is 8.64. The highest BCUT2D eigenvalue weighted by atomic mass is 16.5. The highest BCUT2D eigenvalue weighted by Crippen LogP contribution is 2.18. The number of carbonyl (C=O) groups excluding carboxylic acids is 3. The Bertz CT molecular complexity index is 814. The summed E-state index contributed by atoms with van der Waals surface area (Å²) in [5.74, 6) is -2.30. The van der Waals surface area contributed by atoms with Gasteiger partial charge in [0.25, 0.3) is 0 Å². The fraction of sp³-hybridized carbons (Fsp3) is 0.250. The van der Waals surface area contributed by atoms with Gasteiger partial charge in [-0.1, -0.05) is 12.1 Å². The molecule has 0 heterocycles. The van der Waals surface area contributed by atoms with Crippen LogP contribution in [0.2, 0.25) is 0 Å². The van der Waals surface area contributed by atoms with E-state index in [-0.39, 0.29) is 11.3 Å². The maximum atomic E-state index is 12.2. The van der Waals surface area contributed by atoms with Crippen LogP contribution in [0.3, 0.4) is 0 Å². The standard InChI is InChI=1S/C20H23N3O4/c1-4-23(5-2)15-12-10-14(11-13-15)21-18(24)19(25)22-17-9-7-6-8-16(17)20(26)27-3/h6-13H,4-5H2,1-3H3,(H,21,24)(H,22,25). The number of esters is 1. The van der Waals surface area contributed by atoms with Crippen LogP contribution < -0.4 is 15.5 Å². The van der Waals surface area contributed by atoms with Crippen molar-refractivity contribution in [3.8, 4) is 0 Å². The SMILES string of the molecule is CCN(CC)c1ccc(NC(=O)C(=O)Nc2ccccc2C(=O)OC)cc1. The molecular formula is C20H23N3O4. The van der Waals surface area contributed by atoms with E-state index in [9.17, 15) is 14.4 Å². The van der Waals surface area contributed by atoms with E-state index in [1.54, 1.807) is 24.3 Å². The van der Waals surface area contributed by atoms with Crippen molar-refractivity contribution in [2.75, 3.05) is 35.7 Å². The number of para-hydroxylation sites is 1. The normalized spacial score (nSPS) is 10.0. The molecule has 0 aliphatic rings. The predicted molar refractivity (Wildman–Crippen MR) is 105 cm³/mol. The first-order chi connectivity index (χ1) is 13.0. The number of anilines is 3.